The summed E-state index contributed by atoms with van der Waals surface area (Å²) in [5.41, 5.74) is 6.82. The molecule has 0 spiro atoms. The normalized spacial score (nSPS) is 11.8. The first-order chi connectivity index (χ1) is 9.42. The fraction of sp³-hybridized carbons (Fsp3) is 0.250. The van der Waals surface area contributed by atoms with Crippen LogP contribution in [0.2, 0.25) is 5.02 Å². The zero-order chi connectivity index (χ0) is 14.8. The highest BCUT2D eigenvalue weighted by Gasteiger charge is 2.15. The number of nitrogens with one attached hydrogen (secondary N) is 1. The standard InChI is InChI=1S/C12H14ClN3O2S2/c1-8-16-10(7-19-8)6-15-20(17,18)11-2-3-12(13)9(4-11)5-14/h2-4,7,15H,5-6,14H2,1H3. The van der Waals surface area contributed by atoms with Gasteiger partial charge in [-0.05, 0) is 30.7 Å². The van der Waals surface area contributed by atoms with E-state index in [-0.39, 0.29) is 18.0 Å². The van der Waals surface area contributed by atoms with Crippen LogP contribution in [0.5, 0.6) is 0 Å². The number of nitrogens with zero attached hydrogens (tertiary/aromatic N) is 1. The summed E-state index contributed by atoms with van der Waals surface area (Å²) in [4.78, 5) is 4.35. The topological polar surface area (TPSA) is 85.1 Å². The Bertz CT molecular complexity index is 713. The third kappa shape index (κ3) is 3.56. The Morgan fingerprint density at radius 3 is 2.80 bits per heavy atom. The van der Waals surface area contributed by atoms with Gasteiger partial charge in [-0.2, -0.15) is 0 Å². The molecule has 1 aromatic heterocycles. The first-order valence-electron chi connectivity index (χ1n) is 5.81. The Hall–Kier alpha value is -0.990. The molecule has 20 heavy (non-hydrogen) atoms. The number of rotatable bonds is 5. The Balaban J connectivity index is 2.17. The molecular formula is C12H14ClN3O2S2. The van der Waals surface area contributed by atoms with Crippen LogP contribution >= 0.6 is 22.9 Å². The molecule has 0 amide bonds. The third-order valence-corrected chi connectivity index (χ3v) is 5.25. The fourth-order valence-electron chi connectivity index (χ4n) is 1.62. The SMILES string of the molecule is Cc1nc(CNS(=O)(=O)c2ccc(Cl)c(CN)c2)cs1. The van der Waals surface area contributed by atoms with E-state index in [4.69, 9.17) is 17.3 Å². The van der Waals surface area contributed by atoms with E-state index < -0.39 is 10.0 Å². The van der Waals surface area contributed by atoms with Gasteiger partial charge in [0.25, 0.3) is 0 Å². The van der Waals surface area contributed by atoms with Gasteiger partial charge in [-0.15, -0.1) is 11.3 Å². The Morgan fingerprint density at radius 1 is 1.45 bits per heavy atom. The molecule has 0 unspecified atom stereocenters. The van der Waals surface area contributed by atoms with Gasteiger partial charge in [0.05, 0.1) is 22.1 Å². The molecule has 1 heterocycles. The second-order valence-corrected chi connectivity index (χ2v) is 7.38. The number of hydrogen-bond acceptors (Lipinski definition) is 5. The summed E-state index contributed by atoms with van der Waals surface area (Å²) < 4.78 is 26.9. The second kappa shape index (κ2) is 6.19. The average Bonchev–Trinajstić information content (AvgIpc) is 2.83. The van der Waals surface area contributed by atoms with E-state index in [0.29, 0.717) is 16.3 Å². The van der Waals surface area contributed by atoms with Gasteiger partial charge in [-0.3, -0.25) is 0 Å². The minimum atomic E-state index is -3.60. The lowest BCUT2D eigenvalue weighted by Gasteiger charge is -2.08. The van der Waals surface area contributed by atoms with Gasteiger partial charge < -0.3 is 5.73 Å². The second-order valence-electron chi connectivity index (χ2n) is 4.14. The number of aromatic nitrogens is 1. The Kier molecular flexibility index (Phi) is 4.77. The van der Waals surface area contributed by atoms with Crippen LogP contribution in [0.25, 0.3) is 0 Å². The molecule has 5 nitrogen and oxygen atoms in total. The summed E-state index contributed by atoms with van der Waals surface area (Å²) in [6.07, 6.45) is 0. The van der Waals surface area contributed by atoms with E-state index >= 15 is 0 Å². The number of halogens is 1. The quantitative estimate of drug-likeness (QED) is 0.878. The average molecular weight is 332 g/mol. The molecule has 0 radical (unpaired) electrons. The predicted molar refractivity (Wildman–Crippen MR) is 80.2 cm³/mol. The van der Waals surface area contributed by atoms with Crippen molar-refractivity contribution in [3.05, 3.63) is 44.9 Å². The molecule has 0 aliphatic heterocycles. The van der Waals surface area contributed by atoms with Crippen LogP contribution < -0.4 is 10.5 Å². The summed E-state index contributed by atoms with van der Waals surface area (Å²) in [5.74, 6) is 0. The molecule has 2 aromatic rings. The van der Waals surface area contributed by atoms with E-state index in [2.05, 4.69) is 9.71 Å². The van der Waals surface area contributed by atoms with Crippen LogP contribution in [-0.4, -0.2) is 13.4 Å². The molecule has 0 saturated heterocycles. The number of thiazole rings is 1. The van der Waals surface area contributed by atoms with Crippen molar-refractivity contribution < 1.29 is 8.42 Å². The number of nitrogens with two attached hydrogens (primary N) is 1. The van der Waals surface area contributed by atoms with Gasteiger partial charge in [-0.1, -0.05) is 11.6 Å². The highest BCUT2D eigenvalue weighted by Crippen LogP contribution is 2.20. The van der Waals surface area contributed by atoms with Crippen LogP contribution in [0, 0.1) is 6.92 Å². The van der Waals surface area contributed by atoms with Gasteiger partial charge in [0, 0.05) is 16.9 Å². The zero-order valence-electron chi connectivity index (χ0n) is 10.8. The molecule has 0 aliphatic rings. The van der Waals surface area contributed by atoms with Gasteiger partial charge in [-0.25, -0.2) is 18.1 Å². The lowest BCUT2D eigenvalue weighted by atomic mass is 10.2. The largest absolute Gasteiger partial charge is 0.326 e. The molecule has 2 rings (SSSR count). The summed E-state index contributed by atoms with van der Waals surface area (Å²) in [6, 6.07) is 4.47. The molecule has 8 heteroatoms. The van der Waals surface area contributed by atoms with Crippen LogP contribution in [0.15, 0.2) is 28.5 Å². The summed E-state index contributed by atoms with van der Waals surface area (Å²) in [6.45, 7) is 2.22. The maximum absolute atomic E-state index is 12.2. The van der Waals surface area contributed by atoms with Crippen LogP contribution in [-0.2, 0) is 23.1 Å². The predicted octanol–water partition coefficient (Wildman–Crippen LogP) is 2.04. The van der Waals surface area contributed by atoms with Crippen LogP contribution in [0.4, 0.5) is 0 Å². The smallest absolute Gasteiger partial charge is 0.240 e. The van der Waals surface area contributed by atoms with Gasteiger partial charge in [0.2, 0.25) is 10.0 Å². The first-order valence-corrected chi connectivity index (χ1v) is 8.55. The van der Waals surface area contributed by atoms with Gasteiger partial charge >= 0.3 is 0 Å². The lowest BCUT2D eigenvalue weighted by molar-refractivity contribution is 0.580. The monoisotopic (exact) mass is 331 g/mol. The minimum absolute atomic E-state index is 0.148. The molecule has 108 valence electrons. The molecule has 0 atom stereocenters. The van der Waals surface area contributed by atoms with E-state index in [1.165, 1.54) is 29.5 Å². The zero-order valence-corrected chi connectivity index (χ0v) is 13.1. The summed E-state index contributed by atoms with van der Waals surface area (Å²) in [5, 5.41) is 3.18. The maximum Gasteiger partial charge on any atom is 0.240 e. The number of aryl methyl sites for hydroxylation is 1. The Labute approximate surface area is 126 Å². The first kappa shape index (κ1) is 15.4. The maximum atomic E-state index is 12.2. The van der Waals surface area contributed by atoms with Crippen molar-refractivity contribution in [2.24, 2.45) is 5.73 Å². The molecule has 3 N–H and O–H groups in total. The van der Waals surface area contributed by atoms with Crippen LogP contribution in [0.3, 0.4) is 0 Å². The van der Waals surface area contributed by atoms with E-state index in [9.17, 15) is 8.42 Å². The molecule has 0 saturated carbocycles. The molecule has 0 bridgehead atoms. The van der Waals surface area contributed by atoms with Gasteiger partial charge in [0.1, 0.15) is 0 Å². The van der Waals surface area contributed by atoms with Crippen molar-refractivity contribution in [3.63, 3.8) is 0 Å². The number of hydrogen-bond donors (Lipinski definition) is 2. The third-order valence-electron chi connectivity index (χ3n) is 2.66. The van der Waals surface area contributed by atoms with Crippen molar-refractivity contribution in [1.29, 1.82) is 0 Å². The van der Waals surface area contributed by atoms with Crippen molar-refractivity contribution in [3.8, 4) is 0 Å². The lowest BCUT2D eigenvalue weighted by Crippen LogP contribution is -2.23. The van der Waals surface area contributed by atoms with Crippen molar-refractivity contribution >= 4 is 33.0 Å². The molecule has 0 aliphatic carbocycles. The number of sulfonamides is 1. The fourth-order valence-corrected chi connectivity index (χ4v) is 3.47. The summed E-state index contributed by atoms with van der Waals surface area (Å²) in [7, 11) is -3.60. The highest BCUT2D eigenvalue weighted by molar-refractivity contribution is 7.89. The number of benzene rings is 1. The van der Waals surface area contributed by atoms with E-state index in [1.54, 1.807) is 0 Å². The molecule has 0 fully saturated rings. The summed E-state index contributed by atoms with van der Waals surface area (Å²) >= 11 is 7.40. The van der Waals surface area contributed by atoms with Gasteiger partial charge in [0.15, 0.2) is 0 Å². The molecular weight excluding hydrogens is 318 g/mol. The van der Waals surface area contributed by atoms with E-state index in [0.717, 1.165) is 5.01 Å². The highest BCUT2D eigenvalue weighted by atomic mass is 35.5. The Morgan fingerprint density at radius 2 is 2.20 bits per heavy atom. The minimum Gasteiger partial charge on any atom is -0.326 e. The van der Waals surface area contributed by atoms with Crippen LogP contribution in [0.1, 0.15) is 16.3 Å². The molecule has 1 aromatic carbocycles. The van der Waals surface area contributed by atoms with E-state index in [1.807, 2.05) is 12.3 Å². The van der Waals surface area contributed by atoms with Crippen molar-refractivity contribution in [1.82, 2.24) is 9.71 Å². The van der Waals surface area contributed by atoms with Crippen molar-refractivity contribution in [2.45, 2.75) is 24.9 Å². The van der Waals surface area contributed by atoms with Crippen molar-refractivity contribution in [2.75, 3.05) is 0 Å².